The number of amides is 2. The molecule has 1 aliphatic carbocycles. The molecule has 6 nitrogen and oxygen atoms in total. The van der Waals surface area contributed by atoms with Crippen molar-refractivity contribution in [3.05, 3.63) is 100.0 Å². The number of fused-ring (bicyclic) bond motifs is 1. The van der Waals surface area contributed by atoms with Crippen LogP contribution in [-0.4, -0.2) is 43.5 Å². The predicted molar refractivity (Wildman–Crippen MR) is 161 cm³/mol. The summed E-state index contributed by atoms with van der Waals surface area (Å²) in [5.41, 5.74) is 4.33. The van der Waals surface area contributed by atoms with Crippen LogP contribution in [-0.2, 0) is 6.42 Å². The second-order valence-corrected chi connectivity index (χ2v) is 11.1. The van der Waals surface area contributed by atoms with Gasteiger partial charge in [0.2, 0.25) is 0 Å². The van der Waals surface area contributed by atoms with Gasteiger partial charge in [0.25, 0.3) is 11.8 Å². The Morgan fingerprint density at radius 3 is 2.61 bits per heavy atom. The van der Waals surface area contributed by atoms with Gasteiger partial charge in [0, 0.05) is 36.6 Å². The highest BCUT2D eigenvalue weighted by atomic mass is 35.5. The fourth-order valence-electron chi connectivity index (χ4n) is 6.09. The first-order chi connectivity index (χ1) is 19.8. The van der Waals surface area contributed by atoms with Gasteiger partial charge in [-0.05, 0) is 93.0 Å². The number of ether oxygens (including phenoxy) is 1. The Morgan fingerprint density at radius 2 is 1.85 bits per heavy atom. The number of halogens is 2. The number of hydrogen-bond acceptors (Lipinski definition) is 4. The van der Waals surface area contributed by atoms with E-state index in [0.29, 0.717) is 23.5 Å². The Bertz CT molecular complexity index is 1500. The molecule has 214 valence electrons. The smallest absolute Gasteiger partial charge is 0.258 e. The molecule has 0 saturated heterocycles. The zero-order chi connectivity index (χ0) is 29.1. The van der Waals surface area contributed by atoms with Crippen LogP contribution in [0.1, 0.15) is 59.4 Å². The molecule has 0 radical (unpaired) electrons. The first kappa shape index (κ1) is 28.7. The number of nitrogens with one attached hydrogen (secondary N) is 1. The lowest BCUT2D eigenvalue weighted by Crippen LogP contribution is -2.33. The molecule has 2 aliphatic rings. The molecule has 0 bridgehead atoms. The first-order valence-corrected chi connectivity index (χ1v) is 14.5. The lowest BCUT2D eigenvalue weighted by molar-refractivity contribution is 0.0984. The molecule has 1 atom stereocenters. The molecular formula is C33H35ClFN3O3. The number of carbonyl (C=O) groups excluding carboxylic acids is 2. The van der Waals surface area contributed by atoms with Gasteiger partial charge in [-0.2, -0.15) is 0 Å². The van der Waals surface area contributed by atoms with Crippen molar-refractivity contribution >= 4 is 34.8 Å². The van der Waals surface area contributed by atoms with E-state index < -0.39 is 11.7 Å². The molecule has 0 saturated carbocycles. The van der Waals surface area contributed by atoms with E-state index in [-0.39, 0.29) is 21.9 Å². The van der Waals surface area contributed by atoms with Crippen molar-refractivity contribution < 1.29 is 18.7 Å². The number of anilines is 2. The second-order valence-electron chi connectivity index (χ2n) is 10.7. The fourth-order valence-corrected chi connectivity index (χ4v) is 6.30. The molecule has 5 rings (SSSR count). The molecule has 0 fully saturated rings. The summed E-state index contributed by atoms with van der Waals surface area (Å²) in [7, 11) is 1.47. The standard InChI is InChI=1S/C33H35ClFN3O3/c1-4-37(5-2)25-14-15-33(21-25)16-17-38(29-9-7-6-8-23(29)20-33)32(40)22-10-13-28(30(18-22)41-3)36-31(39)26-19-24(35)11-12-27(26)34/h6-13,18-19,21H,4-5,14-17,20H2,1-3H3,(H,36,39)/t33-/m0/s1. The third kappa shape index (κ3) is 5.82. The van der Waals surface area contributed by atoms with E-state index >= 15 is 0 Å². The first-order valence-electron chi connectivity index (χ1n) is 14.1. The summed E-state index contributed by atoms with van der Waals surface area (Å²) in [5.74, 6) is -0.958. The summed E-state index contributed by atoms with van der Waals surface area (Å²) in [6.45, 7) is 6.97. The Kier molecular flexibility index (Phi) is 8.36. The van der Waals surface area contributed by atoms with Crippen LogP contribution in [0.4, 0.5) is 15.8 Å². The van der Waals surface area contributed by atoms with Crippen LogP contribution in [0.2, 0.25) is 5.02 Å². The summed E-state index contributed by atoms with van der Waals surface area (Å²) >= 11 is 6.11. The van der Waals surface area contributed by atoms with Gasteiger partial charge in [-0.15, -0.1) is 0 Å². The Labute approximate surface area is 245 Å². The van der Waals surface area contributed by atoms with Gasteiger partial charge in [0.15, 0.2) is 0 Å². The van der Waals surface area contributed by atoms with Crippen LogP contribution in [0.25, 0.3) is 0 Å². The second kappa shape index (κ2) is 12.0. The summed E-state index contributed by atoms with van der Waals surface area (Å²) in [6, 6.07) is 16.7. The van der Waals surface area contributed by atoms with Crippen LogP contribution < -0.4 is 15.0 Å². The number of allylic oxidation sites excluding steroid dienone is 2. The van der Waals surface area contributed by atoms with Gasteiger partial charge >= 0.3 is 0 Å². The minimum Gasteiger partial charge on any atom is -0.495 e. The monoisotopic (exact) mass is 575 g/mol. The molecule has 8 heteroatoms. The summed E-state index contributed by atoms with van der Waals surface area (Å²) in [6.07, 6.45) is 6.37. The zero-order valence-electron chi connectivity index (χ0n) is 23.7. The maximum absolute atomic E-state index is 14.0. The number of para-hydroxylation sites is 1. The van der Waals surface area contributed by atoms with E-state index in [1.165, 1.54) is 30.5 Å². The molecule has 1 aliphatic heterocycles. The number of benzene rings is 3. The van der Waals surface area contributed by atoms with E-state index in [1.54, 1.807) is 18.2 Å². The quantitative estimate of drug-likeness (QED) is 0.320. The minimum atomic E-state index is -0.577. The van der Waals surface area contributed by atoms with Crippen molar-refractivity contribution in [3.8, 4) is 5.75 Å². The van der Waals surface area contributed by atoms with E-state index in [4.69, 9.17) is 16.3 Å². The molecule has 1 N–H and O–H groups in total. The van der Waals surface area contributed by atoms with Crippen molar-refractivity contribution in [1.82, 2.24) is 4.90 Å². The van der Waals surface area contributed by atoms with E-state index in [0.717, 1.165) is 50.5 Å². The predicted octanol–water partition coefficient (Wildman–Crippen LogP) is 7.34. The van der Waals surface area contributed by atoms with Crippen LogP contribution in [0, 0.1) is 11.2 Å². The maximum atomic E-state index is 14.0. The summed E-state index contributed by atoms with van der Waals surface area (Å²) in [4.78, 5) is 31.1. The summed E-state index contributed by atoms with van der Waals surface area (Å²) < 4.78 is 19.3. The Balaban J connectivity index is 1.41. The van der Waals surface area contributed by atoms with E-state index in [9.17, 15) is 14.0 Å². The zero-order valence-corrected chi connectivity index (χ0v) is 24.4. The van der Waals surface area contributed by atoms with E-state index in [1.807, 2.05) is 23.1 Å². The molecule has 3 aromatic carbocycles. The van der Waals surface area contributed by atoms with Crippen molar-refractivity contribution in [3.63, 3.8) is 0 Å². The SMILES string of the molecule is CCN(CC)C1=C[C@@]2(CC1)CCN(C(=O)c1ccc(NC(=O)c3cc(F)ccc3Cl)c(OC)c1)c1ccccc1C2. The van der Waals surface area contributed by atoms with Gasteiger partial charge in [-0.1, -0.05) is 35.9 Å². The van der Waals surface area contributed by atoms with Crippen LogP contribution in [0.3, 0.4) is 0 Å². The molecule has 1 heterocycles. The van der Waals surface area contributed by atoms with E-state index in [2.05, 4.69) is 36.2 Å². The fraction of sp³-hybridized carbons (Fsp3) is 0.333. The average Bonchev–Trinajstić information content (AvgIpc) is 3.31. The molecular weight excluding hydrogens is 541 g/mol. The number of carbonyl (C=O) groups is 2. The molecule has 3 aromatic rings. The van der Waals surface area contributed by atoms with Crippen LogP contribution in [0.5, 0.6) is 5.75 Å². The third-order valence-electron chi connectivity index (χ3n) is 8.29. The number of hydrogen-bond donors (Lipinski definition) is 1. The third-order valence-corrected chi connectivity index (χ3v) is 8.62. The molecule has 0 unspecified atom stereocenters. The highest BCUT2D eigenvalue weighted by Crippen LogP contribution is 2.46. The van der Waals surface area contributed by atoms with Gasteiger partial charge in [0.1, 0.15) is 11.6 Å². The normalized spacial score (nSPS) is 18.0. The van der Waals surface area contributed by atoms with Crippen LogP contribution in [0.15, 0.2) is 72.4 Å². The Morgan fingerprint density at radius 1 is 1.07 bits per heavy atom. The lowest BCUT2D eigenvalue weighted by atomic mass is 9.79. The maximum Gasteiger partial charge on any atom is 0.258 e. The van der Waals surface area contributed by atoms with Crippen molar-refractivity contribution in [1.29, 1.82) is 0 Å². The highest BCUT2D eigenvalue weighted by Gasteiger charge is 2.39. The number of methoxy groups -OCH3 is 1. The Hall–Kier alpha value is -3.84. The minimum absolute atomic E-state index is 0.00842. The largest absolute Gasteiger partial charge is 0.495 e. The van der Waals surface area contributed by atoms with Gasteiger partial charge < -0.3 is 19.9 Å². The van der Waals surface area contributed by atoms with Crippen molar-refractivity contribution in [2.45, 2.75) is 39.5 Å². The number of rotatable bonds is 7. The van der Waals surface area contributed by atoms with Crippen molar-refractivity contribution in [2.24, 2.45) is 5.41 Å². The topological polar surface area (TPSA) is 61.9 Å². The van der Waals surface area contributed by atoms with Crippen LogP contribution >= 0.6 is 11.6 Å². The van der Waals surface area contributed by atoms with Gasteiger partial charge in [-0.25, -0.2) is 4.39 Å². The molecule has 1 spiro atoms. The van der Waals surface area contributed by atoms with Gasteiger partial charge in [0.05, 0.1) is 23.4 Å². The molecule has 0 aromatic heterocycles. The van der Waals surface area contributed by atoms with Gasteiger partial charge in [-0.3, -0.25) is 9.59 Å². The highest BCUT2D eigenvalue weighted by molar-refractivity contribution is 6.34. The molecule has 41 heavy (non-hydrogen) atoms. The van der Waals surface area contributed by atoms with Crippen molar-refractivity contribution in [2.75, 3.05) is 37.0 Å². The lowest BCUT2D eigenvalue weighted by Gasteiger charge is -2.26. The number of nitrogens with zero attached hydrogens (tertiary/aromatic N) is 2. The average molecular weight is 576 g/mol. The summed E-state index contributed by atoms with van der Waals surface area (Å²) in [5, 5.41) is 2.86. The molecule has 2 amide bonds.